The third-order valence-corrected chi connectivity index (χ3v) is 2.73. The molecule has 0 saturated heterocycles. The summed E-state index contributed by atoms with van der Waals surface area (Å²) in [5.41, 5.74) is 0. The molecule has 3 atom stereocenters. The van der Waals surface area contributed by atoms with Gasteiger partial charge in [-0.15, -0.1) is 0 Å². The monoisotopic (exact) mass is 203 g/mol. The molecule has 14 heavy (non-hydrogen) atoms. The lowest BCUT2D eigenvalue weighted by Crippen LogP contribution is -2.41. The molecule has 0 bridgehead atoms. The summed E-state index contributed by atoms with van der Waals surface area (Å²) < 4.78 is 10.2. The average molecular weight is 203 g/mol. The molecule has 0 radical (unpaired) electrons. The summed E-state index contributed by atoms with van der Waals surface area (Å²) in [6.07, 6.45) is 3.35. The molecule has 0 aliphatic heterocycles. The standard InChI is InChI=1S/C10H21NO3/c1-13-7-8(12)6-11-9-4-3-5-10(9)14-2/h8-12H,3-7H2,1-2H3. The predicted octanol–water partition coefficient (Wildman–Crippen LogP) is 0.151. The highest BCUT2D eigenvalue weighted by Gasteiger charge is 2.26. The minimum Gasteiger partial charge on any atom is -0.389 e. The Balaban J connectivity index is 2.16. The van der Waals surface area contributed by atoms with Crippen LogP contribution in [0.1, 0.15) is 19.3 Å². The number of aliphatic hydroxyl groups excluding tert-OH is 1. The number of hydrogen-bond donors (Lipinski definition) is 2. The topological polar surface area (TPSA) is 50.7 Å². The van der Waals surface area contributed by atoms with Gasteiger partial charge in [-0.1, -0.05) is 0 Å². The van der Waals surface area contributed by atoms with Gasteiger partial charge in [-0.25, -0.2) is 0 Å². The van der Waals surface area contributed by atoms with E-state index >= 15 is 0 Å². The van der Waals surface area contributed by atoms with Gasteiger partial charge in [-0.3, -0.25) is 0 Å². The molecule has 0 aromatic carbocycles. The summed E-state index contributed by atoms with van der Waals surface area (Å²) in [6.45, 7) is 0.968. The highest BCUT2D eigenvalue weighted by Crippen LogP contribution is 2.21. The molecular formula is C10H21NO3. The van der Waals surface area contributed by atoms with E-state index in [4.69, 9.17) is 9.47 Å². The van der Waals surface area contributed by atoms with Crippen molar-refractivity contribution in [1.82, 2.24) is 5.32 Å². The van der Waals surface area contributed by atoms with E-state index in [-0.39, 0.29) is 0 Å². The number of nitrogens with one attached hydrogen (secondary N) is 1. The normalized spacial score (nSPS) is 29.4. The Hall–Kier alpha value is -0.160. The third kappa shape index (κ3) is 3.53. The minimum atomic E-state index is -0.418. The Morgan fingerprint density at radius 2 is 2.21 bits per heavy atom. The van der Waals surface area contributed by atoms with Crippen molar-refractivity contribution in [2.45, 2.75) is 37.5 Å². The van der Waals surface area contributed by atoms with Crippen molar-refractivity contribution in [3.63, 3.8) is 0 Å². The van der Waals surface area contributed by atoms with Crippen LogP contribution in [0.4, 0.5) is 0 Å². The third-order valence-electron chi connectivity index (χ3n) is 2.73. The molecule has 0 amide bonds. The predicted molar refractivity (Wildman–Crippen MR) is 54.3 cm³/mol. The molecule has 0 aromatic rings. The molecule has 4 heteroatoms. The van der Waals surface area contributed by atoms with E-state index in [9.17, 15) is 5.11 Å². The maximum atomic E-state index is 9.44. The lowest BCUT2D eigenvalue weighted by atomic mass is 10.2. The number of hydrogen-bond acceptors (Lipinski definition) is 4. The Morgan fingerprint density at radius 3 is 2.86 bits per heavy atom. The van der Waals surface area contributed by atoms with Crippen molar-refractivity contribution in [3.05, 3.63) is 0 Å². The molecule has 1 saturated carbocycles. The van der Waals surface area contributed by atoms with Crippen LogP contribution in [0.3, 0.4) is 0 Å². The molecule has 4 nitrogen and oxygen atoms in total. The fourth-order valence-corrected chi connectivity index (χ4v) is 1.98. The molecule has 0 aromatic heterocycles. The van der Waals surface area contributed by atoms with E-state index in [2.05, 4.69) is 5.32 Å². The number of methoxy groups -OCH3 is 2. The van der Waals surface area contributed by atoms with Gasteiger partial charge < -0.3 is 19.9 Å². The fraction of sp³-hybridized carbons (Fsp3) is 1.00. The van der Waals surface area contributed by atoms with Crippen molar-refractivity contribution in [2.75, 3.05) is 27.4 Å². The van der Waals surface area contributed by atoms with Gasteiger partial charge in [0.2, 0.25) is 0 Å². The molecule has 1 aliphatic rings. The maximum Gasteiger partial charge on any atom is 0.0897 e. The maximum absolute atomic E-state index is 9.44. The number of ether oxygens (including phenoxy) is 2. The van der Waals surface area contributed by atoms with E-state index in [1.807, 2.05) is 0 Å². The molecule has 1 fully saturated rings. The Labute approximate surface area is 85.6 Å². The Morgan fingerprint density at radius 1 is 1.43 bits per heavy atom. The van der Waals surface area contributed by atoms with Crippen molar-refractivity contribution in [2.24, 2.45) is 0 Å². The quantitative estimate of drug-likeness (QED) is 0.645. The zero-order chi connectivity index (χ0) is 10.4. The zero-order valence-corrected chi connectivity index (χ0v) is 9.03. The van der Waals surface area contributed by atoms with Gasteiger partial charge in [-0.2, -0.15) is 0 Å². The van der Waals surface area contributed by atoms with Gasteiger partial charge in [0.1, 0.15) is 0 Å². The van der Waals surface area contributed by atoms with E-state index < -0.39 is 6.10 Å². The molecule has 3 unspecified atom stereocenters. The molecule has 1 rings (SSSR count). The average Bonchev–Trinajstić information content (AvgIpc) is 2.62. The molecule has 84 valence electrons. The fourth-order valence-electron chi connectivity index (χ4n) is 1.98. The molecule has 0 heterocycles. The lowest BCUT2D eigenvalue weighted by Gasteiger charge is -2.21. The van der Waals surface area contributed by atoms with Gasteiger partial charge in [0, 0.05) is 26.8 Å². The van der Waals surface area contributed by atoms with Crippen LogP contribution in [0, 0.1) is 0 Å². The highest BCUT2D eigenvalue weighted by molar-refractivity contribution is 4.84. The number of aliphatic hydroxyl groups is 1. The van der Waals surface area contributed by atoms with E-state index in [0.717, 1.165) is 12.8 Å². The van der Waals surface area contributed by atoms with E-state index in [1.165, 1.54) is 6.42 Å². The van der Waals surface area contributed by atoms with E-state index in [1.54, 1.807) is 14.2 Å². The summed E-state index contributed by atoms with van der Waals surface area (Å²) in [5, 5.41) is 12.8. The second-order valence-corrected chi connectivity index (χ2v) is 3.83. The second kappa shape index (κ2) is 6.35. The van der Waals surface area contributed by atoms with E-state index in [0.29, 0.717) is 25.3 Å². The SMILES string of the molecule is COCC(O)CNC1CCCC1OC. The van der Waals surface area contributed by atoms with Gasteiger partial charge in [0.05, 0.1) is 18.8 Å². The van der Waals surface area contributed by atoms with Crippen LogP contribution in [0.25, 0.3) is 0 Å². The van der Waals surface area contributed by atoms with Crippen LogP contribution in [0.2, 0.25) is 0 Å². The van der Waals surface area contributed by atoms with Gasteiger partial charge in [0.25, 0.3) is 0 Å². The summed E-state index contributed by atoms with van der Waals surface area (Å²) in [7, 11) is 3.34. The van der Waals surface area contributed by atoms with Crippen molar-refractivity contribution in [1.29, 1.82) is 0 Å². The highest BCUT2D eigenvalue weighted by atomic mass is 16.5. The molecule has 0 spiro atoms. The molecular weight excluding hydrogens is 182 g/mol. The van der Waals surface area contributed by atoms with Crippen LogP contribution < -0.4 is 5.32 Å². The minimum absolute atomic E-state index is 0.310. The zero-order valence-electron chi connectivity index (χ0n) is 9.03. The van der Waals surface area contributed by atoms with Crippen LogP contribution in [0.5, 0.6) is 0 Å². The first-order valence-corrected chi connectivity index (χ1v) is 5.21. The van der Waals surface area contributed by atoms with Gasteiger partial charge in [-0.05, 0) is 19.3 Å². The largest absolute Gasteiger partial charge is 0.389 e. The first-order valence-electron chi connectivity index (χ1n) is 5.21. The van der Waals surface area contributed by atoms with Crippen LogP contribution in [-0.4, -0.2) is 50.7 Å². The van der Waals surface area contributed by atoms with Gasteiger partial charge in [0.15, 0.2) is 0 Å². The second-order valence-electron chi connectivity index (χ2n) is 3.83. The summed E-state index contributed by atoms with van der Waals surface area (Å²) in [4.78, 5) is 0. The van der Waals surface area contributed by atoms with Crippen LogP contribution in [0.15, 0.2) is 0 Å². The Kier molecular flexibility index (Phi) is 5.40. The summed E-state index contributed by atoms with van der Waals surface area (Å²) in [5.74, 6) is 0. The van der Waals surface area contributed by atoms with Crippen molar-refractivity contribution < 1.29 is 14.6 Å². The van der Waals surface area contributed by atoms with Crippen molar-refractivity contribution in [3.8, 4) is 0 Å². The molecule has 2 N–H and O–H groups in total. The van der Waals surface area contributed by atoms with Crippen LogP contribution >= 0.6 is 0 Å². The van der Waals surface area contributed by atoms with Crippen molar-refractivity contribution >= 4 is 0 Å². The smallest absolute Gasteiger partial charge is 0.0897 e. The van der Waals surface area contributed by atoms with Crippen LogP contribution in [-0.2, 0) is 9.47 Å². The summed E-state index contributed by atoms with van der Waals surface area (Å²) >= 11 is 0. The lowest BCUT2D eigenvalue weighted by molar-refractivity contribution is 0.0500. The van der Waals surface area contributed by atoms with Gasteiger partial charge >= 0.3 is 0 Å². The Bertz CT molecular complexity index is 154. The first kappa shape index (κ1) is 11.9. The summed E-state index contributed by atoms with van der Waals surface area (Å²) in [6, 6.07) is 0.395. The first-order chi connectivity index (χ1) is 6.77. The molecule has 1 aliphatic carbocycles. The number of rotatable bonds is 6.